The Bertz CT molecular complexity index is 635. The van der Waals surface area contributed by atoms with E-state index in [1.165, 1.54) is 6.26 Å². The first kappa shape index (κ1) is 15.3. The highest BCUT2D eigenvalue weighted by Crippen LogP contribution is 2.62. The van der Waals surface area contributed by atoms with Crippen LogP contribution in [0.2, 0.25) is 5.02 Å². The first-order valence-corrected chi connectivity index (χ1v) is 8.63. The lowest BCUT2D eigenvalue weighted by atomic mass is 10.0. The van der Waals surface area contributed by atoms with Crippen LogP contribution < -0.4 is 0 Å². The van der Waals surface area contributed by atoms with E-state index in [2.05, 4.69) is 6.07 Å². The van der Waals surface area contributed by atoms with Crippen LogP contribution in [0, 0.1) is 16.7 Å². The lowest BCUT2D eigenvalue weighted by molar-refractivity contribution is 0.117. The number of hydrogen-bond acceptors (Lipinski definition) is 4. The van der Waals surface area contributed by atoms with Gasteiger partial charge in [0.1, 0.15) is 5.41 Å². The molecule has 0 saturated heterocycles. The molecule has 1 fully saturated rings. The molecule has 1 aliphatic carbocycles. The second-order valence-electron chi connectivity index (χ2n) is 5.07. The van der Waals surface area contributed by atoms with Gasteiger partial charge in [0.25, 0.3) is 0 Å². The van der Waals surface area contributed by atoms with Crippen LogP contribution in [0.3, 0.4) is 0 Å². The Morgan fingerprint density at radius 2 is 2.00 bits per heavy atom. The van der Waals surface area contributed by atoms with E-state index in [1.807, 2.05) is 6.92 Å². The number of benzene rings is 1. The summed E-state index contributed by atoms with van der Waals surface area (Å²) in [6, 6.07) is 9.13. The van der Waals surface area contributed by atoms with E-state index in [4.69, 9.17) is 16.3 Å². The SMILES string of the molecule is CCOC[C@@]1(C#N)[C@@H](c2ccc(Cl)cc2)[C@@H]1S(C)(=O)=O. The van der Waals surface area contributed by atoms with E-state index in [-0.39, 0.29) is 12.5 Å². The van der Waals surface area contributed by atoms with Crippen LogP contribution in [0.4, 0.5) is 0 Å². The van der Waals surface area contributed by atoms with E-state index in [0.29, 0.717) is 11.6 Å². The zero-order chi connectivity index (χ0) is 15.0. The highest BCUT2D eigenvalue weighted by Gasteiger charge is 2.71. The molecule has 0 aliphatic heterocycles. The van der Waals surface area contributed by atoms with Crippen LogP contribution in [0.1, 0.15) is 18.4 Å². The van der Waals surface area contributed by atoms with Crippen LogP contribution in [-0.2, 0) is 14.6 Å². The quantitative estimate of drug-likeness (QED) is 0.837. The third kappa shape index (κ3) is 2.56. The maximum absolute atomic E-state index is 11.9. The molecule has 1 aliphatic rings. The molecular formula is C14H16ClNO3S. The van der Waals surface area contributed by atoms with Crippen LogP contribution >= 0.6 is 11.6 Å². The summed E-state index contributed by atoms with van der Waals surface area (Å²) in [5, 5.41) is 9.35. The van der Waals surface area contributed by atoms with Crippen molar-refractivity contribution in [1.29, 1.82) is 5.26 Å². The summed E-state index contributed by atoms with van der Waals surface area (Å²) in [5.41, 5.74) is -0.177. The Labute approximate surface area is 124 Å². The molecule has 0 heterocycles. The topological polar surface area (TPSA) is 67.2 Å². The molecule has 6 heteroatoms. The number of rotatable bonds is 5. The van der Waals surface area contributed by atoms with Gasteiger partial charge in [-0.05, 0) is 24.6 Å². The summed E-state index contributed by atoms with van der Waals surface area (Å²) >= 11 is 5.84. The van der Waals surface area contributed by atoms with Gasteiger partial charge in [-0.3, -0.25) is 0 Å². The van der Waals surface area contributed by atoms with Crippen molar-refractivity contribution in [3.8, 4) is 6.07 Å². The fourth-order valence-corrected chi connectivity index (χ4v) is 4.76. The molecule has 4 nitrogen and oxygen atoms in total. The van der Waals surface area contributed by atoms with E-state index in [1.54, 1.807) is 24.3 Å². The largest absolute Gasteiger partial charge is 0.380 e. The average Bonchev–Trinajstić information content (AvgIpc) is 3.07. The molecule has 0 unspecified atom stereocenters. The molecule has 1 aromatic carbocycles. The number of nitriles is 1. The Morgan fingerprint density at radius 3 is 2.45 bits per heavy atom. The normalized spacial score (nSPS) is 28.9. The molecular weight excluding hydrogens is 298 g/mol. The van der Waals surface area contributed by atoms with Crippen molar-refractivity contribution in [3.05, 3.63) is 34.9 Å². The molecule has 20 heavy (non-hydrogen) atoms. The highest BCUT2D eigenvalue weighted by atomic mass is 35.5. The Morgan fingerprint density at radius 1 is 1.40 bits per heavy atom. The highest BCUT2D eigenvalue weighted by molar-refractivity contribution is 7.91. The van der Waals surface area contributed by atoms with E-state index < -0.39 is 20.5 Å². The molecule has 108 valence electrons. The van der Waals surface area contributed by atoms with Crippen LogP contribution in [-0.4, -0.2) is 33.1 Å². The van der Waals surface area contributed by atoms with Crippen LogP contribution in [0.25, 0.3) is 0 Å². The first-order chi connectivity index (χ1) is 9.36. The van der Waals surface area contributed by atoms with Gasteiger partial charge in [-0.25, -0.2) is 8.42 Å². The Kier molecular flexibility index (Phi) is 4.10. The van der Waals surface area contributed by atoms with E-state index >= 15 is 0 Å². The van der Waals surface area contributed by atoms with Crippen molar-refractivity contribution in [1.82, 2.24) is 0 Å². The minimum absolute atomic E-state index is 0.130. The molecule has 3 atom stereocenters. The summed E-state index contributed by atoms with van der Waals surface area (Å²) in [5.74, 6) is -0.355. The minimum Gasteiger partial charge on any atom is -0.380 e. The monoisotopic (exact) mass is 313 g/mol. The predicted octanol–water partition coefficient (Wildman–Crippen LogP) is 2.40. The lowest BCUT2D eigenvalue weighted by Crippen LogP contribution is -2.18. The number of sulfone groups is 1. The summed E-state index contributed by atoms with van der Waals surface area (Å²) in [6.07, 6.45) is 1.17. The summed E-state index contributed by atoms with van der Waals surface area (Å²) in [4.78, 5) is 0. The second kappa shape index (κ2) is 5.36. The molecule has 0 aromatic heterocycles. The van der Waals surface area contributed by atoms with Crippen molar-refractivity contribution in [2.45, 2.75) is 18.1 Å². The smallest absolute Gasteiger partial charge is 0.152 e. The van der Waals surface area contributed by atoms with Gasteiger partial charge in [-0.2, -0.15) is 5.26 Å². The lowest BCUT2D eigenvalue weighted by Gasteiger charge is -2.08. The Balaban J connectivity index is 2.40. The number of nitrogens with zero attached hydrogens (tertiary/aromatic N) is 1. The Hall–Kier alpha value is -1.09. The summed E-state index contributed by atoms with van der Waals surface area (Å²) in [6.45, 7) is 2.40. The van der Waals surface area contributed by atoms with Gasteiger partial charge in [0.2, 0.25) is 0 Å². The average molecular weight is 314 g/mol. The van der Waals surface area contributed by atoms with Gasteiger partial charge in [-0.1, -0.05) is 23.7 Å². The van der Waals surface area contributed by atoms with Crippen molar-refractivity contribution in [3.63, 3.8) is 0 Å². The molecule has 0 bridgehead atoms. The molecule has 1 aromatic rings. The zero-order valence-corrected chi connectivity index (χ0v) is 12.9. The van der Waals surface area contributed by atoms with E-state index in [9.17, 15) is 13.7 Å². The molecule has 0 spiro atoms. The van der Waals surface area contributed by atoms with E-state index in [0.717, 1.165) is 5.56 Å². The van der Waals surface area contributed by atoms with Gasteiger partial charge >= 0.3 is 0 Å². The summed E-state index contributed by atoms with van der Waals surface area (Å²) in [7, 11) is -3.32. The number of ether oxygens (including phenoxy) is 1. The molecule has 1 saturated carbocycles. The van der Waals surface area contributed by atoms with Gasteiger partial charge in [0, 0.05) is 23.8 Å². The molecule has 2 rings (SSSR count). The van der Waals surface area contributed by atoms with Crippen molar-refractivity contribution < 1.29 is 13.2 Å². The van der Waals surface area contributed by atoms with Crippen LogP contribution in [0.15, 0.2) is 24.3 Å². The van der Waals surface area contributed by atoms with Gasteiger partial charge < -0.3 is 4.74 Å². The van der Waals surface area contributed by atoms with Gasteiger partial charge in [0.15, 0.2) is 9.84 Å². The fraction of sp³-hybridized carbons (Fsp3) is 0.500. The maximum atomic E-state index is 11.9. The molecule has 0 radical (unpaired) electrons. The standard InChI is InChI=1S/C14H16ClNO3S/c1-3-19-9-14(8-16)12(13(14)20(2,17)18)10-4-6-11(15)7-5-10/h4-7,12-13H,3,9H2,1-2H3/t12-,13-,14-/m0/s1. The minimum atomic E-state index is -3.32. The third-order valence-corrected chi connectivity index (χ3v) is 5.57. The zero-order valence-electron chi connectivity index (χ0n) is 11.3. The summed E-state index contributed by atoms with van der Waals surface area (Å²) < 4.78 is 29.2. The first-order valence-electron chi connectivity index (χ1n) is 6.30. The predicted molar refractivity (Wildman–Crippen MR) is 77.4 cm³/mol. The third-order valence-electron chi connectivity index (χ3n) is 3.70. The van der Waals surface area contributed by atoms with Crippen molar-refractivity contribution in [2.75, 3.05) is 19.5 Å². The molecule has 0 amide bonds. The second-order valence-corrected chi connectivity index (χ2v) is 7.67. The van der Waals surface area contributed by atoms with Crippen molar-refractivity contribution >= 4 is 21.4 Å². The van der Waals surface area contributed by atoms with Crippen LogP contribution in [0.5, 0.6) is 0 Å². The van der Waals surface area contributed by atoms with Gasteiger partial charge in [0.05, 0.1) is 17.9 Å². The molecule has 0 N–H and O–H groups in total. The maximum Gasteiger partial charge on any atom is 0.152 e. The van der Waals surface area contributed by atoms with Gasteiger partial charge in [-0.15, -0.1) is 0 Å². The number of hydrogen-bond donors (Lipinski definition) is 0. The fourth-order valence-electron chi connectivity index (χ4n) is 2.78. The number of halogens is 1. The van der Waals surface area contributed by atoms with Crippen molar-refractivity contribution in [2.24, 2.45) is 5.41 Å².